The Kier molecular flexibility index (Phi) is 4.35. The van der Waals surface area contributed by atoms with Gasteiger partial charge < -0.3 is 14.2 Å². The Labute approximate surface area is 170 Å². The Balaban J connectivity index is 1.56. The number of nitrogens with zero attached hydrogens (tertiary/aromatic N) is 2. The Morgan fingerprint density at radius 1 is 0.897 bits per heavy atom. The van der Waals surface area contributed by atoms with Gasteiger partial charge in [-0.2, -0.15) is 5.10 Å². The van der Waals surface area contributed by atoms with E-state index < -0.39 is 0 Å². The second kappa shape index (κ2) is 7.17. The molecular formula is C24H22N2O3. The smallest absolute Gasteiger partial charge is 0.213 e. The third-order valence-electron chi connectivity index (χ3n) is 5.50. The van der Waals surface area contributed by atoms with E-state index in [4.69, 9.17) is 19.3 Å². The molecule has 0 amide bonds. The Morgan fingerprint density at radius 2 is 1.69 bits per heavy atom. The van der Waals surface area contributed by atoms with Gasteiger partial charge in [0, 0.05) is 23.1 Å². The van der Waals surface area contributed by atoms with Crippen LogP contribution in [-0.2, 0) is 0 Å². The Bertz CT molecular complexity index is 1060. The van der Waals surface area contributed by atoms with Crippen molar-refractivity contribution in [1.82, 2.24) is 5.01 Å². The van der Waals surface area contributed by atoms with Gasteiger partial charge in [0.1, 0.15) is 17.2 Å². The van der Waals surface area contributed by atoms with Crippen molar-refractivity contribution in [2.45, 2.75) is 18.7 Å². The van der Waals surface area contributed by atoms with Gasteiger partial charge in [-0.15, -0.1) is 0 Å². The maximum absolute atomic E-state index is 6.39. The van der Waals surface area contributed by atoms with E-state index in [0.29, 0.717) is 0 Å². The van der Waals surface area contributed by atoms with Crippen molar-refractivity contribution >= 4 is 5.71 Å². The average Bonchev–Trinajstić information content (AvgIpc) is 3.24. The number of benzene rings is 3. The number of hydrazone groups is 1. The molecule has 0 saturated carbocycles. The first-order valence-corrected chi connectivity index (χ1v) is 9.66. The predicted octanol–water partition coefficient (Wildman–Crippen LogP) is 4.95. The molecule has 2 heterocycles. The highest BCUT2D eigenvalue weighted by Gasteiger charge is 2.40. The van der Waals surface area contributed by atoms with E-state index in [2.05, 4.69) is 23.2 Å². The molecule has 0 aromatic heterocycles. The van der Waals surface area contributed by atoms with Crippen molar-refractivity contribution < 1.29 is 14.2 Å². The van der Waals surface area contributed by atoms with E-state index in [-0.39, 0.29) is 12.3 Å². The minimum absolute atomic E-state index is 0.133. The fourth-order valence-corrected chi connectivity index (χ4v) is 4.00. The molecule has 29 heavy (non-hydrogen) atoms. The second-order valence-electron chi connectivity index (χ2n) is 7.16. The summed E-state index contributed by atoms with van der Waals surface area (Å²) in [6.45, 7) is 0. The number of methoxy groups -OCH3 is 2. The zero-order valence-corrected chi connectivity index (χ0v) is 16.4. The molecule has 2 aliphatic rings. The van der Waals surface area contributed by atoms with Crippen molar-refractivity contribution in [3.63, 3.8) is 0 Å². The van der Waals surface area contributed by atoms with Crippen LogP contribution in [0.1, 0.15) is 35.4 Å². The van der Waals surface area contributed by atoms with E-state index in [1.165, 1.54) is 5.56 Å². The summed E-state index contributed by atoms with van der Waals surface area (Å²) >= 11 is 0. The molecule has 2 aliphatic heterocycles. The van der Waals surface area contributed by atoms with Crippen molar-refractivity contribution in [2.24, 2.45) is 5.10 Å². The molecule has 3 aromatic carbocycles. The topological polar surface area (TPSA) is 43.3 Å². The van der Waals surface area contributed by atoms with Gasteiger partial charge in [0.25, 0.3) is 0 Å². The molecule has 0 spiro atoms. The van der Waals surface area contributed by atoms with E-state index in [1.54, 1.807) is 14.2 Å². The van der Waals surface area contributed by atoms with Crippen molar-refractivity contribution in [1.29, 1.82) is 0 Å². The van der Waals surface area contributed by atoms with Crippen LogP contribution in [0, 0.1) is 0 Å². The van der Waals surface area contributed by atoms with Crippen LogP contribution in [0.3, 0.4) is 0 Å². The van der Waals surface area contributed by atoms with Crippen LogP contribution in [0.25, 0.3) is 0 Å². The Morgan fingerprint density at radius 3 is 2.48 bits per heavy atom. The largest absolute Gasteiger partial charge is 0.497 e. The fourth-order valence-electron chi connectivity index (χ4n) is 4.00. The van der Waals surface area contributed by atoms with Gasteiger partial charge in [0.15, 0.2) is 0 Å². The number of rotatable bonds is 4. The molecular weight excluding hydrogens is 364 g/mol. The van der Waals surface area contributed by atoms with Gasteiger partial charge in [-0.05, 0) is 42.5 Å². The summed E-state index contributed by atoms with van der Waals surface area (Å²) in [4.78, 5) is 0. The number of hydrogen-bond donors (Lipinski definition) is 0. The van der Waals surface area contributed by atoms with E-state index in [9.17, 15) is 0 Å². The first-order chi connectivity index (χ1) is 14.3. The fraction of sp³-hybridized carbons (Fsp3) is 0.208. The summed E-state index contributed by atoms with van der Waals surface area (Å²) in [5.74, 6) is 2.57. The zero-order chi connectivity index (χ0) is 19.8. The standard InChI is InChI=1S/C24H22N2O3/c1-27-18-12-10-16(11-13-18)24-26-22(20-8-3-4-9-23(20)29-24)15-21(25-26)17-6-5-7-19(14-17)28-2/h3-14,22,24H,15H2,1-2H3. The van der Waals surface area contributed by atoms with Gasteiger partial charge in [-0.3, -0.25) is 0 Å². The summed E-state index contributed by atoms with van der Waals surface area (Å²) in [6.07, 6.45) is 0.532. The maximum atomic E-state index is 6.39. The summed E-state index contributed by atoms with van der Waals surface area (Å²) in [5.41, 5.74) is 4.32. The molecule has 0 fully saturated rings. The van der Waals surface area contributed by atoms with Crippen molar-refractivity contribution in [3.05, 3.63) is 89.5 Å². The first-order valence-electron chi connectivity index (χ1n) is 9.66. The maximum Gasteiger partial charge on any atom is 0.213 e. The lowest BCUT2D eigenvalue weighted by Crippen LogP contribution is -2.33. The van der Waals surface area contributed by atoms with Gasteiger partial charge in [-0.1, -0.05) is 30.3 Å². The lowest BCUT2D eigenvalue weighted by molar-refractivity contribution is -0.0190. The zero-order valence-electron chi connectivity index (χ0n) is 16.4. The van der Waals surface area contributed by atoms with Crippen LogP contribution in [0.2, 0.25) is 0 Å². The SMILES string of the molecule is COc1ccc(C2Oc3ccccc3C3CC(c4cccc(OC)c4)=NN32)cc1. The first kappa shape index (κ1) is 17.6. The minimum Gasteiger partial charge on any atom is -0.497 e. The van der Waals surface area contributed by atoms with E-state index in [0.717, 1.165) is 40.5 Å². The minimum atomic E-state index is -0.288. The molecule has 0 aliphatic carbocycles. The summed E-state index contributed by atoms with van der Waals surface area (Å²) in [6, 6.07) is 24.4. The molecule has 0 N–H and O–H groups in total. The molecule has 5 nitrogen and oxygen atoms in total. The summed E-state index contributed by atoms with van der Waals surface area (Å²) < 4.78 is 17.1. The molecule has 5 heteroatoms. The van der Waals surface area contributed by atoms with Crippen LogP contribution >= 0.6 is 0 Å². The Hall–Kier alpha value is -3.47. The molecule has 0 radical (unpaired) electrons. The molecule has 5 rings (SSSR count). The summed E-state index contributed by atoms with van der Waals surface area (Å²) in [7, 11) is 3.35. The number of fused-ring (bicyclic) bond motifs is 3. The lowest BCUT2D eigenvalue weighted by Gasteiger charge is -2.38. The third kappa shape index (κ3) is 3.09. The van der Waals surface area contributed by atoms with E-state index >= 15 is 0 Å². The number of hydrogen-bond acceptors (Lipinski definition) is 5. The third-order valence-corrected chi connectivity index (χ3v) is 5.50. The van der Waals surface area contributed by atoms with Gasteiger partial charge in [0.05, 0.1) is 26.0 Å². The highest BCUT2D eigenvalue weighted by atomic mass is 16.5. The molecule has 2 unspecified atom stereocenters. The van der Waals surface area contributed by atoms with Gasteiger partial charge >= 0.3 is 0 Å². The van der Waals surface area contributed by atoms with Crippen molar-refractivity contribution in [2.75, 3.05) is 14.2 Å². The van der Waals surface area contributed by atoms with Crippen LogP contribution < -0.4 is 14.2 Å². The quantitative estimate of drug-likeness (QED) is 0.637. The summed E-state index contributed by atoms with van der Waals surface area (Å²) in [5, 5.41) is 7.08. The van der Waals surface area contributed by atoms with Gasteiger partial charge in [-0.25, -0.2) is 5.01 Å². The molecule has 2 atom stereocenters. The number of para-hydroxylation sites is 1. The van der Waals surface area contributed by atoms with Crippen molar-refractivity contribution in [3.8, 4) is 17.2 Å². The van der Waals surface area contributed by atoms with Crippen LogP contribution in [0.4, 0.5) is 0 Å². The predicted molar refractivity (Wildman–Crippen MR) is 112 cm³/mol. The van der Waals surface area contributed by atoms with Crippen LogP contribution in [0.15, 0.2) is 77.9 Å². The highest BCUT2D eigenvalue weighted by Crippen LogP contribution is 2.47. The van der Waals surface area contributed by atoms with Crippen LogP contribution in [0.5, 0.6) is 17.2 Å². The average molecular weight is 386 g/mol. The number of ether oxygens (including phenoxy) is 3. The molecule has 3 aromatic rings. The second-order valence-corrected chi connectivity index (χ2v) is 7.16. The molecule has 146 valence electrons. The highest BCUT2D eigenvalue weighted by molar-refractivity contribution is 6.02. The normalized spacial score (nSPS) is 19.7. The van der Waals surface area contributed by atoms with Crippen LogP contribution in [-0.4, -0.2) is 24.9 Å². The molecule has 0 saturated heterocycles. The van der Waals surface area contributed by atoms with Gasteiger partial charge in [0.2, 0.25) is 6.23 Å². The van der Waals surface area contributed by atoms with E-state index in [1.807, 2.05) is 54.6 Å². The lowest BCUT2D eigenvalue weighted by atomic mass is 9.96. The molecule has 0 bridgehead atoms. The monoisotopic (exact) mass is 386 g/mol.